The molecule has 0 amide bonds. The lowest BCUT2D eigenvalue weighted by molar-refractivity contribution is 0.637. The van der Waals surface area contributed by atoms with Crippen molar-refractivity contribution in [3.63, 3.8) is 0 Å². The zero-order valence-electron chi connectivity index (χ0n) is 10.9. The number of aromatic nitrogens is 2. The molecule has 0 aliphatic heterocycles. The highest BCUT2D eigenvalue weighted by atomic mass is 79.9. The monoisotopic (exact) mass is 386 g/mol. The standard InChI is InChI=1S/C15H10BrCl2FN2/c1-8(17)15-20-14-10(19)5-3-7-12(14)21(15)11-6-2-4-9(18)13(11)16/h2-8H,1H3. The molecule has 0 fully saturated rings. The Morgan fingerprint density at radius 3 is 2.67 bits per heavy atom. The first-order chi connectivity index (χ1) is 10.0. The molecular weight excluding hydrogens is 378 g/mol. The molecule has 0 aliphatic carbocycles. The second-order valence-electron chi connectivity index (χ2n) is 4.60. The number of halogens is 4. The summed E-state index contributed by atoms with van der Waals surface area (Å²) in [7, 11) is 0. The van der Waals surface area contributed by atoms with Crippen LogP contribution in [0.1, 0.15) is 18.1 Å². The van der Waals surface area contributed by atoms with Gasteiger partial charge in [-0.15, -0.1) is 11.6 Å². The third-order valence-electron chi connectivity index (χ3n) is 3.19. The van der Waals surface area contributed by atoms with Gasteiger partial charge in [-0.05, 0) is 47.1 Å². The van der Waals surface area contributed by atoms with Gasteiger partial charge in [-0.3, -0.25) is 4.57 Å². The first-order valence-electron chi connectivity index (χ1n) is 6.26. The van der Waals surface area contributed by atoms with E-state index in [1.807, 2.05) is 22.8 Å². The molecule has 3 aromatic rings. The SMILES string of the molecule is CC(Cl)c1nc2c(F)cccc2n1-c1cccc(Cl)c1Br. The molecule has 0 radical (unpaired) electrons. The van der Waals surface area contributed by atoms with E-state index in [9.17, 15) is 4.39 Å². The zero-order chi connectivity index (χ0) is 15.1. The number of benzene rings is 2. The van der Waals surface area contributed by atoms with Crippen molar-refractivity contribution in [2.45, 2.75) is 12.3 Å². The Labute approximate surface area is 139 Å². The fourth-order valence-corrected chi connectivity index (χ4v) is 3.03. The van der Waals surface area contributed by atoms with Crippen molar-refractivity contribution in [3.8, 4) is 5.69 Å². The van der Waals surface area contributed by atoms with Crippen molar-refractivity contribution in [1.82, 2.24) is 9.55 Å². The van der Waals surface area contributed by atoms with Crippen LogP contribution in [0.15, 0.2) is 40.9 Å². The van der Waals surface area contributed by atoms with Gasteiger partial charge in [0.1, 0.15) is 11.3 Å². The lowest BCUT2D eigenvalue weighted by Crippen LogP contribution is -2.02. The summed E-state index contributed by atoms with van der Waals surface area (Å²) in [6.45, 7) is 1.80. The third-order valence-corrected chi connectivity index (χ3v) is 4.76. The summed E-state index contributed by atoms with van der Waals surface area (Å²) in [6, 6.07) is 10.3. The predicted molar refractivity (Wildman–Crippen MR) is 88.0 cm³/mol. The van der Waals surface area contributed by atoms with Crippen molar-refractivity contribution in [1.29, 1.82) is 0 Å². The van der Waals surface area contributed by atoms with E-state index in [0.717, 1.165) is 5.69 Å². The maximum absolute atomic E-state index is 14.0. The normalized spacial score (nSPS) is 12.8. The van der Waals surface area contributed by atoms with Gasteiger partial charge in [0.2, 0.25) is 0 Å². The van der Waals surface area contributed by atoms with Gasteiger partial charge in [-0.25, -0.2) is 9.37 Å². The van der Waals surface area contributed by atoms with E-state index in [-0.39, 0.29) is 11.2 Å². The number of para-hydroxylation sites is 1. The van der Waals surface area contributed by atoms with E-state index in [0.29, 0.717) is 26.4 Å². The van der Waals surface area contributed by atoms with Crippen LogP contribution in [0, 0.1) is 5.82 Å². The molecule has 1 atom stereocenters. The summed E-state index contributed by atoms with van der Waals surface area (Å²) in [5.41, 5.74) is 1.73. The molecule has 21 heavy (non-hydrogen) atoms. The van der Waals surface area contributed by atoms with Crippen molar-refractivity contribution < 1.29 is 4.39 Å². The van der Waals surface area contributed by atoms with Crippen LogP contribution in [-0.4, -0.2) is 9.55 Å². The molecule has 1 unspecified atom stereocenters. The quantitative estimate of drug-likeness (QED) is 0.502. The number of rotatable bonds is 2. The highest BCUT2D eigenvalue weighted by Gasteiger charge is 2.20. The Kier molecular flexibility index (Phi) is 3.95. The van der Waals surface area contributed by atoms with E-state index in [1.54, 1.807) is 19.1 Å². The molecule has 0 N–H and O–H groups in total. The number of alkyl halides is 1. The van der Waals surface area contributed by atoms with Gasteiger partial charge < -0.3 is 0 Å². The number of nitrogens with zero attached hydrogens (tertiary/aromatic N) is 2. The molecule has 0 spiro atoms. The molecule has 0 saturated heterocycles. The fraction of sp³-hybridized carbons (Fsp3) is 0.133. The van der Waals surface area contributed by atoms with Gasteiger partial charge in [0, 0.05) is 0 Å². The van der Waals surface area contributed by atoms with Crippen LogP contribution in [0.4, 0.5) is 4.39 Å². The molecule has 0 saturated carbocycles. The van der Waals surface area contributed by atoms with Crippen LogP contribution < -0.4 is 0 Å². The lowest BCUT2D eigenvalue weighted by Gasteiger charge is -2.13. The maximum atomic E-state index is 14.0. The van der Waals surface area contributed by atoms with Crippen LogP contribution in [0.2, 0.25) is 5.02 Å². The minimum atomic E-state index is -0.373. The zero-order valence-corrected chi connectivity index (χ0v) is 14.0. The molecule has 6 heteroatoms. The van der Waals surface area contributed by atoms with Gasteiger partial charge in [0.25, 0.3) is 0 Å². The molecule has 0 aliphatic rings. The smallest absolute Gasteiger partial charge is 0.151 e. The highest BCUT2D eigenvalue weighted by molar-refractivity contribution is 9.10. The number of imidazole rings is 1. The minimum absolute atomic E-state index is 0.298. The maximum Gasteiger partial charge on any atom is 0.151 e. The molecule has 3 rings (SSSR count). The van der Waals surface area contributed by atoms with E-state index >= 15 is 0 Å². The summed E-state index contributed by atoms with van der Waals surface area (Å²) < 4.78 is 16.5. The Morgan fingerprint density at radius 2 is 1.95 bits per heavy atom. The molecule has 108 valence electrons. The van der Waals surface area contributed by atoms with Crippen LogP contribution >= 0.6 is 39.1 Å². The van der Waals surface area contributed by atoms with Crippen molar-refractivity contribution in [2.75, 3.05) is 0 Å². The number of hydrogen-bond donors (Lipinski definition) is 0. The van der Waals surface area contributed by atoms with Crippen LogP contribution in [0.25, 0.3) is 16.7 Å². The lowest BCUT2D eigenvalue weighted by atomic mass is 10.2. The average Bonchev–Trinajstić information content (AvgIpc) is 2.83. The summed E-state index contributed by atoms with van der Waals surface area (Å²) in [6.07, 6.45) is 0. The van der Waals surface area contributed by atoms with E-state index in [1.165, 1.54) is 6.07 Å². The second-order valence-corrected chi connectivity index (χ2v) is 6.46. The van der Waals surface area contributed by atoms with Crippen molar-refractivity contribution in [2.24, 2.45) is 0 Å². The Bertz CT molecular complexity index is 830. The average molecular weight is 388 g/mol. The predicted octanol–water partition coefficient (Wildman–Crippen LogP) is 5.88. The summed E-state index contributed by atoms with van der Waals surface area (Å²) >= 11 is 15.8. The summed E-state index contributed by atoms with van der Waals surface area (Å²) in [4.78, 5) is 4.35. The number of fused-ring (bicyclic) bond motifs is 1. The molecule has 1 heterocycles. The topological polar surface area (TPSA) is 17.8 Å². The first-order valence-corrected chi connectivity index (χ1v) is 7.86. The first kappa shape index (κ1) is 14.8. The fourth-order valence-electron chi connectivity index (χ4n) is 2.27. The Hall–Kier alpha value is -1.10. The van der Waals surface area contributed by atoms with Gasteiger partial charge in [0.15, 0.2) is 5.82 Å². The van der Waals surface area contributed by atoms with Gasteiger partial charge in [-0.2, -0.15) is 0 Å². The highest BCUT2D eigenvalue weighted by Crippen LogP contribution is 2.35. The number of hydrogen-bond acceptors (Lipinski definition) is 1. The Balaban J connectivity index is 2.43. The van der Waals surface area contributed by atoms with Crippen LogP contribution in [0.3, 0.4) is 0 Å². The minimum Gasteiger partial charge on any atom is -0.294 e. The Morgan fingerprint density at radius 1 is 1.24 bits per heavy atom. The van der Waals surface area contributed by atoms with Crippen LogP contribution in [0.5, 0.6) is 0 Å². The molecule has 2 aromatic carbocycles. The van der Waals surface area contributed by atoms with Crippen molar-refractivity contribution in [3.05, 3.63) is 57.5 Å². The summed E-state index contributed by atoms with van der Waals surface area (Å²) in [5, 5.41) is 0.196. The van der Waals surface area contributed by atoms with E-state index in [2.05, 4.69) is 20.9 Å². The largest absolute Gasteiger partial charge is 0.294 e. The molecular formula is C15H10BrCl2FN2. The van der Waals surface area contributed by atoms with Gasteiger partial charge in [0.05, 0.1) is 26.1 Å². The van der Waals surface area contributed by atoms with E-state index in [4.69, 9.17) is 23.2 Å². The van der Waals surface area contributed by atoms with Crippen molar-refractivity contribution >= 4 is 50.2 Å². The second kappa shape index (κ2) is 5.59. The third kappa shape index (κ3) is 2.45. The van der Waals surface area contributed by atoms with Gasteiger partial charge in [-0.1, -0.05) is 23.7 Å². The molecule has 1 aromatic heterocycles. The molecule has 2 nitrogen and oxygen atoms in total. The van der Waals surface area contributed by atoms with Gasteiger partial charge >= 0.3 is 0 Å². The van der Waals surface area contributed by atoms with Crippen LogP contribution in [-0.2, 0) is 0 Å². The molecule has 0 bridgehead atoms. The van der Waals surface area contributed by atoms with E-state index < -0.39 is 0 Å². The summed E-state index contributed by atoms with van der Waals surface area (Å²) in [5.74, 6) is 0.197.